The van der Waals surface area contributed by atoms with Gasteiger partial charge in [0.25, 0.3) is 0 Å². The summed E-state index contributed by atoms with van der Waals surface area (Å²) in [6, 6.07) is 0. The zero-order valence-electron chi connectivity index (χ0n) is 6.11. The van der Waals surface area contributed by atoms with Gasteiger partial charge in [-0.3, -0.25) is 0 Å². The quantitative estimate of drug-likeness (QED) is 0.269. The van der Waals surface area contributed by atoms with Crippen LogP contribution in [0.2, 0.25) is 0 Å². The first kappa shape index (κ1) is 36.0. The Balaban J connectivity index is -0.0000000145. The standard InChI is InChI=1S/4Co.Fe.Na.4H2O.4O/h;;;;;;4*1H2;;;;/q;;;;+3;+1;;;;;;;;/p-4. The van der Waals surface area contributed by atoms with E-state index in [0.29, 0.717) is 0 Å². The van der Waals surface area contributed by atoms with E-state index in [-0.39, 0.29) is 46.6 Å². The second kappa shape index (κ2) is 76.5. The Kier molecular flexibility index (Phi) is 196. The van der Waals surface area contributed by atoms with E-state index in [1.54, 1.807) is 0 Å². The molecule has 0 unspecified atom stereocenters. The summed E-state index contributed by atoms with van der Waals surface area (Å²) in [6.45, 7) is 0. The fourth-order valence-electron chi connectivity index (χ4n) is 0. The van der Waals surface area contributed by atoms with Crippen molar-refractivity contribution in [3.05, 3.63) is 0 Å². The van der Waals surface area contributed by atoms with Gasteiger partial charge in [-0.15, -0.1) is 0 Å². The number of hydrogen-bond acceptors (Lipinski definition) is 4. The molecular formula is H4Co4FeNaO8. The van der Waals surface area contributed by atoms with Crippen LogP contribution in [0.3, 0.4) is 0 Å². The molecule has 0 aliphatic heterocycles. The van der Waals surface area contributed by atoms with Crippen LogP contribution in [0.15, 0.2) is 0 Å². The van der Waals surface area contributed by atoms with Gasteiger partial charge in [0.2, 0.25) is 0 Å². The van der Waals surface area contributed by atoms with Gasteiger partial charge in [-0.1, -0.05) is 0 Å². The van der Waals surface area contributed by atoms with Crippen molar-refractivity contribution in [2.75, 3.05) is 0 Å². The van der Waals surface area contributed by atoms with Crippen molar-refractivity contribution in [1.82, 2.24) is 0 Å². The van der Waals surface area contributed by atoms with Crippen LogP contribution in [-0.2, 0) is 92.3 Å². The van der Waals surface area contributed by atoms with E-state index in [4.69, 9.17) is 32.3 Å². The SMILES string of the molecule is [Fe+3].[Na+].[O]=[Co-][OH].[O]=[Co-][OH].[O]=[Co-][OH].[O]=[Co-][OH]. The second-order valence-corrected chi connectivity index (χ2v) is 1.00. The predicted octanol–water partition coefficient (Wildman–Crippen LogP) is -5.71. The van der Waals surface area contributed by atoms with E-state index < -0.39 is 59.8 Å². The summed E-state index contributed by atoms with van der Waals surface area (Å²) < 4.78 is 61.8. The Morgan fingerprint density at radius 2 is 0.571 bits per heavy atom. The van der Waals surface area contributed by atoms with E-state index in [1.165, 1.54) is 0 Å². The van der Waals surface area contributed by atoms with E-state index in [9.17, 15) is 0 Å². The number of hydrogen-bond donors (Lipinski definition) is 4. The molecule has 0 amide bonds. The molecule has 0 aliphatic rings. The normalized spacial score (nSPS) is 6.00. The zero-order valence-corrected chi connectivity index (χ0v) is 13.4. The van der Waals surface area contributed by atoms with Gasteiger partial charge in [-0.25, -0.2) is 0 Å². The average Bonchev–Trinajstić information content (AvgIpc) is 1.92. The molecule has 0 aromatic heterocycles. The first-order valence-electron chi connectivity index (χ1n) is 1.14. The first-order chi connectivity index (χ1) is 5.66. The monoisotopic (exact) mass is 447 g/mol. The maximum atomic E-state index is 8.45. The summed E-state index contributed by atoms with van der Waals surface area (Å²) >= 11 is -3.25. The van der Waals surface area contributed by atoms with E-state index in [2.05, 4.69) is 0 Å². The van der Waals surface area contributed by atoms with Gasteiger partial charge >= 0.3 is 139 Å². The van der Waals surface area contributed by atoms with Crippen molar-refractivity contribution in [2.45, 2.75) is 0 Å². The van der Waals surface area contributed by atoms with Crippen LogP contribution < -0.4 is 29.6 Å². The molecular weight excluding hydrogens is 443 g/mol. The molecule has 0 aliphatic carbocycles. The van der Waals surface area contributed by atoms with Gasteiger partial charge in [0.1, 0.15) is 0 Å². The molecule has 97 valence electrons. The van der Waals surface area contributed by atoms with E-state index in [0.717, 1.165) is 0 Å². The van der Waals surface area contributed by atoms with Gasteiger partial charge in [0.05, 0.1) is 0 Å². The molecule has 14 heavy (non-hydrogen) atoms. The molecule has 4 N–H and O–H groups in total. The summed E-state index contributed by atoms with van der Waals surface area (Å²) in [5, 5.41) is 0. The molecule has 1 radical (unpaired) electrons. The van der Waals surface area contributed by atoms with E-state index >= 15 is 0 Å². The third kappa shape index (κ3) is 403. The molecule has 0 atom stereocenters. The predicted molar refractivity (Wildman–Crippen MR) is 11.6 cm³/mol. The van der Waals surface area contributed by atoms with Crippen LogP contribution in [-0.4, -0.2) is 16.9 Å². The maximum absolute atomic E-state index is 8.45. The van der Waals surface area contributed by atoms with Crippen molar-refractivity contribution in [3.8, 4) is 0 Å². The van der Waals surface area contributed by atoms with E-state index in [1.807, 2.05) is 0 Å². The Bertz CT molecular complexity index is 75.3. The topological polar surface area (TPSA) is 149 Å². The van der Waals surface area contributed by atoms with Crippen LogP contribution in [0.5, 0.6) is 0 Å². The third-order valence-electron chi connectivity index (χ3n) is 0. The van der Waals surface area contributed by atoms with Crippen molar-refractivity contribution in [2.24, 2.45) is 0 Å². The molecule has 14 heteroatoms. The Morgan fingerprint density at radius 1 is 0.571 bits per heavy atom. The van der Waals surface area contributed by atoms with Crippen LogP contribution in [0.4, 0.5) is 0 Å². The molecule has 0 saturated carbocycles. The van der Waals surface area contributed by atoms with Crippen LogP contribution in [0.1, 0.15) is 0 Å². The minimum atomic E-state index is -0.812. The summed E-state index contributed by atoms with van der Waals surface area (Å²) in [7, 11) is 0. The van der Waals surface area contributed by atoms with Crippen molar-refractivity contribution < 1.29 is 139 Å². The molecule has 0 rings (SSSR count). The van der Waals surface area contributed by atoms with Gasteiger partial charge in [-0.05, 0) is 0 Å². The Morgan fingerprint density at radius 3 is 0.571 bits per heavy atom. The Hall–Kier alpha value is 2.59. The summed E-state index contributed by atoms with van der Waals surface area (Å²) in [6.07, 6.45) is 0. The minimum absolute atomic E-state index is 0. The second-order valence-electron chi connectivity index (χ2n) is 0.243. The Labute approximate surface area is 137 Å². The summed E-state index contributed by atoms with van der Waals surface area (Å²) in [5.41, 5.74) is 0. The summed E-state index contributed by atoms with van der Waals surface area (Å²) in [5.74, 6) is 0. The van der Waals surface area contributed by atoms with Crippen LogP contribution >= 0.6 is 0 Å². The molecule has 0 aromatic carbocycles. The van der Waals surface area contributed by atoms with Crippen LogP contribution in [0.25, 0.3) is 0 Å². The van der Waals surface area contributed by atoms with Crippen molar-refractivity contribution >= 4 is 0 Å². The molecule has 0 aromatic rings. The van der Waals surface area contributed by atoms with Gasteiger partial charge in [0.15, 0.2) is 0 Å². The molecule has 8 nitrogen and oxygen atoms in total. The van der Waals surface area contributed by atoms with Gasteiger partial charge in [-0.2, -0.15) is 0 Å². The molecule has 0 saturated heterocycles. The van der Waals surface area contributed by atoms with Gasteiger partial charge < -0.3 is 0 Å². The van der Waals surface area contributed by atoms with Crippen LogP contribution in [0, 0.1) is 0 Å². The zero-order chi connectivity index (χ0) is 10.8. The fraction of sp³-hybridized carbons (Fsp3) is 0. The molecule has 0 bridgehead atoms. The van der Waals surface area contributed by atoms with Gasteiger partial charge in [0, 0.05) is 0 Å². The average molecular weight is 447 g/mol. The molecule has 0 heterocycles. The molecule has 0 spiro atoms. The number of rotatable bonds is 0. The van der Waals surface area contributed by atoms with Crippen molar-refractivity contribution in [3.63, 3.8) is 0 Å². The molecule has 0 fully saturated rings. The fourth-order valence-corrected chi connectivity index (χ4v) is 0. The third-order valence-corrected chi connectivity index (χ3v) is 0. The first-order valence-corrected chi connectivity index (χ1v) is 4.70. The van der Waals surface area contributed by atoms with Crippen molar-refractivity contribution in [1.29, 1.82) is 0 Å². The summed E-state index contributed by atoms with van der Waals surface area (Å²) in [4.78, 5) is 0.